The summed E-state index contributed by atoms with van der Waals surface area (Å²) in [5.74, 6) is -1.19. The SMILES string of the molecule is Cc1cccc(C(=O)OC(C)C(=O)Nc2ccc(Cl)cn2)c1O. The number of ether oxygens (including phenoxy) is 1. The van der Waals surface area contributed by atoms with E-state index in [0.717, 1.165) is 0 Å². The van der Waals surface area contributed by atoms with Crippen LogP contribution in [0.2, 0.25) is 5.02 Å². The Morgan fingerprint density at radius 1 is 1.30 bits per heavy atom. The summed E-state index contributed by atoms with van der Waals surface area (Å²) in [4.78, 5) is 27.9. The standard InChI is InChI=1S/C16H15ClN2O4/c1-9-4-3-5-12(14(9)20)16(22)23-10(2)15(21)19-13-7-6-11(17)8-18-13/h3-8,10,20H,1-2H3,(H,18,19,21). The van der Waals surface area contributed by atoms with Crippen LogP contribution < -0.4 is 5.32 Å². The molecule has 6 nitrogen and oxygen atoms in total. The third-order valence-corrected chi connectivity index (χ3v) is 3.31. The van der Waals surface area contributed by atoms with Gasteiger partial charge in [-0.3, -0.25) is 4.79 Å². The van der Waals surface area contributed by atoms with Gasteiger partial charge in [0.15, 0.2) is 6.10 Å². The van der Waals surface area contributed by atoms with Gasteiger partial charge >= 0.3 is 5.97 Å². The number of aromatic nitrogens is 1. The van der Waals surface area contributed by atoms with Gasteiger partial charge in [-0.1, -0.05) is 23.7 Å². The molecule has 120 valence electrons. The normalized spacial score (nSPS) is 11.6. The van der Waals surface area contributed by atoms with Crippen LogP contribution in [0.5, 0.6) is 5.75 Å². The van der Waals surface area contributed by atoms with Crippen molar-refractivity contribution >= 4 is 29.3 Å². The number of aryl methyl sites for hydroxylation is 1. The molecule has 0 bridgehead atoms. The molecule has 1 atom stereocenters. The van der Waals surface area contributed by atoms with Crippen LogP contribution in [-0.2, 0) is 9.53 Å². The number of hydrogen-bond donors (Lipinski definition) is 2. The number of nitrogens with zero attached hydrogens (tertiary/aromatic N) is 1. The first-order valence-corrected chi connectivity index (χ1v) is 7.18. The van der Waals surface area contributed by atoms with Crippen molar-refractivity contribution < 1.29 is 19.4 Å². The molecule has 0 saturated carbocycles. The Labute approximate surface area is 138 Å². The van der Waals surface area contributed by atoms with Crippen LogP contribution in [0.15, 0.2) is 36.5 Å². The molecule has 0 saturated heterocycles. The number of aromatic hydroxyl groups is 1. The van der Waals surface area contributed by atoms with Gasteiger partial charge in [-0.05, 0) is 37.6 Å². The second-order valence-electron chi connectivity index (χ2n) is 4.87. The lowest BCUT2D eigenvalue weighted by molar-refractivity contribution is -0.123. The number of phenols is 1. The molecule has 1 amide bonds. The number of benzene rings is 1. The number of carbonyl (C=O) groups excluding carboxylic acids is 2. The Balaban J connectivity index is 2.01. The summed E-state index contributed by atoms with van der Waals surface area (Å²) < 4.78 is 5.07. The maximum Gasteiger partial charge on any atom is 0.342 e. The van der Waals surface area contributed by atoms with Crippen LogP contribution in [-0.4, -0.2) is 28.1 Å². The van der Waals surface area contributed by atoms with E-state index in [0.29, 0.717) is 16.4 Å². The number of phenolic OH excluding ortho intramolecular Hbond substituents is 1. The Morgan fingerprint density at radius 3 is 2.70 bits per heavy atom. The van der Waals surface area contributed by atoms with Gasteiger partial charge in [0.05, 0.1) is 5.02 Å². The highest BCUT2D eigenvalue weighted by molar-refractivity contribution is 6.30. The Kier molecular flexibility index (Phi) is 5.18. The van der Waals surface area contributed by atoms with E-state index < -0.39 is 18.0 Å². The number of halogens is 1. The topological polar surface area (TPSA) is 88.5 Å². The van der Waals surface area contributed by atoms with E-state index in [1.807, 2.05) is 0 Å². The fraction of sp³-hybridized carbons (Fsp3) is 0.188. The number of hydrogen-bond acceptors (Lipinski definition) is 5. The number of esters is 1. The molecule has 0 aliphatic carbocycles. The van der Waals surface area contributed by atoms with Crippen molar-refractivity contribution in [3.8, 4) is 5.75 Å². The zero-order valence-electron chi connectivity index (χ0n) is 12.5. The van der Waals surface area contributed by atoms with Crippen molar-refractivity contribution in [2.24, 2.45) is 0 Å². The fourth-order valence-electron chi connectivity index (χ4n) is 1.78. The van der Waals surface area contributed by atoms with Crippen LogP contribution in [0.4, 0.5) is 5.82 Å². The Morgan fingerprint density at radius 2 is 2.04 bits per heavy atom. The molecule has 1 heterocycles. The second-order valence-corrected chi connectivity index (χ2v) is 5.31. The molecular weight excluding hydrogens is 320 g/mol. The molecule has 0 radical (unpaired) electrons. The van der Waals surface area contributed by atoms with Gasteiger partial charge in [0.25, 0.3) is 5.91 Å². The minimum Gasteiger partial charge on any atom is -0.507 e. The van der Waals surface area contributed by atoms with Crippen LogP contribution in [0.25, 0.3) is 0 Å². The molecule has 0 aliphatic rings. The van der Waals surface area contributed by atoms with Crippen LogP contribution in [0, 0.1) is 6.92 Å². The maximum absolute atomic E-state index is 12.0. The minimum atomic E-state index is -1.06. The number of para-hydroxylation sites is 1. The summed E-state index contributed by atoms with van der Waals surface area (Å²) >= 11 is 5.71. The lowest BCUT2D eigenvalue weighted by Crippen LogP contribution is -2.30. The van der Waals surface area contributed by atoms with E-state index in [1.54, 1.807) is 25.1 Å². The highest BCUT2D eigenvalue weighted by atomic mass is 35.5. The summed E-state index contributed by atoms with van der Waals surface area (Å²) in [5.41, 5.74) is 0.552. The molecule has 0 fully saturated rings. The van der Waals surface area contributed by atoms with E-state index in [9.17, 15) is 14.7 Å². The van der Waals surface area contributed by atoms with E-state index in [2.05, 4.69) is 10.3 Å². The number of rotatable bonds is 4. The smallest absolute Gasteiger partial charge is 0.342 e. The predicted octanol–water partition coefficient (Wildman–Crippen LogP) is 2.93. The van der Waals surface area contributed by atoms with Crippen molar-refractivity contribution in [3.63, 3.8) is 0 Å². The van der Waals surface area contributed by atoms with Crippen molar-refractivity contribution in [2.45, 2.75) is 20.0 Å². The first kappa shape index (κ1) is 16.8. The van der Waals surface area contributed by atoms with E-state index in [1.165, 1.54) is 25.3 Å². The monoisotopic (exact) mass is 334 g/mol. The molecule has 0 spiro atoms. The number of anilines is 1. The van der Waals surface area contributed by atoms with E-state index in [-0.39, 0.29) is 11.3 Å². The Hall–Kier alpha value is -2.60. The molecule has 0 aliphatic heterocycles. The molecule has 2 aromatic rings. The number of carbonyl (C=O) groups is 2. The summed E-state index contributed by atoms with van der Waals surface area (Å²) in [5, 5.41) is 12.8. The van der Waals surface area contributed by atoms with Crippen molar-refractivity contribution in [1.29, 1.82) is 0 Å². The summed E-state index contributed by atoms with van der Waals surface area (Å²) in [6, 6.07) is 7.81. The van der Waals surface area contributed by atoms with Crippen molar-refractivity contribution in [1.82, 2.24) is 4.98 Å². The van der Waals surface area contributed by atoms with Crippen molar-refractivity contribution in [2.75, 3.05) is 5.32 Å². The highest BCUT2D eigenvalue weighted by Crippen LogP contribution is 2.22. The average molecular weight is 335 g/mol. The van der Waals surface area contributed by atoms with Gasteiger partial charge in [0, 0.05) is 6.20 Å². The molecule has 1 aromatic carbocycles. The zero-order chi connectivity index (χ0) is 17.0. The lowest BCUT2D eigenvalue weighted by atomic mass is 10.1. The van der Waals surface area contributed by atoms with Gasteiger partial charge in [-0.25, -0.2) is 9.78 Å². The third kappa shape index (κ3) is 4.20. The highest BCUT2D eigenvalue weighted by Gasteiger charge is 2.21. The number of nitrogens with one attached hydrogen (secondary N) is 1. The maximum atomic E-state index is 12.0. The first-order valence-electron chi connectivity index (χ1n) is 6.80. The molecular formula is C16H15ClN2O4. The van der Waals surface area contributed by atoms with Gasteiger partial charge in [-0.2, -0.15) is 0 Å². The van der Waals surface area contributed by atoms with Gasteiger partial charge in [0.2, 0.25) is 0 Å². The Bertz CT molecular complexity index is 731. The molecule has 1 aromatic heterocycles. The largest absolute Gasteiger partial charge is 0.507 e. The molecule has 2 rings (SSSR count). The lowest BCUT2D eigenvalue weighted by Gasteiger charge is -2.14. The predicted molar refractivity (Wildman–Crippen MR) is 85.6 cm³/mol. The molecule has 23 heavy (non-hydrogen) atoms. The second kappa shape index (κ2) is 7.11. The minimum absolute atomic E-state index is 0.00858. The van der Waals surface area contributed by atoms with Gasteiger partial charge < -0.3 is 15.2 Å². The summed E-state index contributed by atoms with van der Waals surface area (Å²) in [6.45, 7) is 3.09. The summed E-state index contributed by atoms with van der Waals surface area (Å²) in [7, 11) is 0. The number of amides is 1. The summed E-state index contributed by atoms with van der Waals surface area (Å²) in [6.07, 6.45) is 0.332. The van der Waals surface area contributed by atoms with Gasteiger partial charge in [-0.15, -0.1) is 0 Å². The molecule has 2 N–H and O–H groups in total. The average Bonchev–Trinajstić information content (AvgIpc) is 2.52. The van der Waals surface area contributed by atoms with Gasteiger partial charge in [0.1, 0.15) is 17.1 Å². The van der Waals surface area contributed by atoms with Crippen LogP contribution in [0.1, 0.15) is 22.8 Å². The van der Waals surface area contributed by atoms with E-state index >= 15 is 0 Å². The quantitative estimate of drug-likeness (QED) is 0.839. The first-order chi connectivity index (χ1) is 10.9. The zero-order valence-corrected chi connectivity index (χ0v) is 13.3. The van der Waals surface area contributed by atoms with Crippen molar-refractivity contribution in [3.05, 3.63) is 52.7 Å². The molecule has 1 unspecified atom stereocenters. The fourth-order valence-corrected chi connectivity index (χ4v) is 1.89. The molecule has 7 heteroatoms. The third-order valence-electron chi connectivity index (χ3n) is 3.09. The van der Waals surface area contributed by atoms with Crippen LogP contribution >= 0.6 is 11.6 Å². The van der Waals surface area contributed by atoms with Crippen LogP contribution in [0.3, 0.4) is 0 Å². The number of pyridine rings is 1. The van der Waals surface area contributed by atoms with E-state index in [4.69, 9.17) is 16.3 Å².